The summed E-state index contributed by atoms with van der Waals surface area (Å²) in [6.07, 6.45) is 1.71. The molecule has 1 aromatic rings. The molecule has 66 valence electrons. The van der Waals surface area contributed by atoms with Crippen LogP contribution in [-0.4, -0.2) is 17.0 Å². The maximum atomic E-state index is 5.66. The Morgan fingerprint density at radius 1 is 1.50 bits per heavy atom. The van der Waals surface area contributed by atoms with Crippen molar-refractivity contribution in [2.24, 2.45) is 0 Å². The van der Waals surface area contributed by atoms with Gasteiger partial charge in [0.1, 0.15) is 5.82 Å². The lowest BCUT2D eigenvalue weighted by Gasteiger charge is -2.07. The smallest absolute Gasteiger partial charge is 0.150 e. The van der Waals surface area contributed by atoms with Crippen LogP contribution < -0.4 is 11.1 Å². The maximum absolute atomic E-state index is 5.66. The number of hydrogen-bond donors (Lipinski definition) is 2. The largest absolute Gasteiger partial charge is 0.384 e. The van der Waals surface area contributed by atoms with Crippen LogP contribution in [0, 0.1) is 0 Å². The predicted octanol–water partition coefficient (Wildman–Crippen LogP) is 1.22. The first-order valence-corrected chi connectivity index (χ1v) is 3.95. The van der Waals surface area contributed by atoms with Crippen molar-refractivity contribution in [3.05, 3.63) is 12.0 Å². The molecule has 0 bridgehead atoms. The van der Waals surface area contributed by atoms with Crippen molar-refractivity contribution in [3.8, 4) is 0 Å². The Morgan fingerprint density at radius 2 is 2.17 bits per heavy atom. The zero-order valence-electron chi connectivity index (χ0n) is 7.63. The summed E-state index contributed by atoms with van der Waals surface area (Å²) in [5.41, 5.74) is 6.43. The molecule has 4 heteroatoms. The molecule has 0 amide bonds. The van der Waals surface area contributed by atoms with E-state index in [1.807, 2.05) is 13.8 Å². The molecule has 1 aromatic heterocycles. The summed E-state index contributed by atoms with van der Waals surface area (Å²) in [6.45, 7) is 4.07. The molecule has 0 atom stereocenters. The Labute approximate surface area is 72.2 Å². The predicted molar refractivity (Wildman–Crippen MR) is 50.1 cm³/mol. The third kappa shape index (κ3) is 1.64. The Balaban J connectivity index is 3.02. The maximum Gasteiger partial charge on any atom is 0.150 e. The average Bonchev–Trinajstić information content (AvgIpc) is 2.04. The minimum atomic E-state index is 0.318. The van der Waals surface area contributed by atoms with Gasteiger partial charge in [-0.05, 0) is 0 Å². The summed E-state index contributed by atoms with van der Waals surface area (Å²) < 4.78 is 0. The topological polar surface area (TPSA) is 63.8 Å². The molecule has 0 aliphatic rings. The summed E-state index contributed by atoms with van der Waals surface area (Å²) in [4.78, 5) is 8.30. The minimum Gasteiger partial charge on any atom is -0.384 e. The lowest BCUT2D eigenvalue weighted by atomic mass is 10.2. The van der Waals surface area contributed by atoms with Gasteiger partial charge in [0, 0.05) is 13.0 Å². The molecular formula is C8H14N4. The average molecular weight is 166 g/mol. The quantitative estimate of drug-likeness (QED) is 0.693. The molecular weight excluding hydrogens is 152 g/mol. The van der Waals surface area contributed by atoms with Crippen LogP contribution in [0.4, 0.5) is 11.5 Å². The fraction of sp³-hybridized carbons (Fsp3) is 0.500. The second-order valence-electron chi connectivity index (χ2n) is 2.93. The first-order valence-electron chi connectivity index (χ1n) is 3.95. The highest BCUT2D eigenvalue weighted by Gasteiger charge is 2.05. The standard InChI is InChI=1S/C8H14N4/c1-5(2)8-11-4-6(10-3)7(9)12-8/h4-5,10H,1-3H3,(H2,9,11,12). The number of aromatic nitrogens is 2. The highest BCUT2D eigenvalue weighted by Crippen LogP contribution is 2.16. The van der Waals surface area contributed by atoms with E-state index in [1.54, 1.807) is 13.2 Å². The van der Waals surface area contributed by atoms with E-state index in [0.29, 0.717) is 11.7 Å². The SMILES string of the molecule is CNc1cnc(C(C)C)nc1N. The molecule has 0 fully saturated rings. The molecule has 0 unspecified atom stereocenters. The van der Waals surface area contributed by atoms with E-state index >= 15 is 0 Å². The van der Waals surface area contributed by atoms with Gasteiger partial charge in [-0.15, -0.1) is 0 Å². The van der Waals surface area contributed by atoms with Crippen molar-refractivity contribution in [2.75, 3.05) is 18.1 Å². The van der Waals surface area contributed by atoms with Crippen LogP contribution in [0.5, 0.6) is 0 Å². The van der Waals surface area contributed by atoms with Crippen molar-refractivity contribution in [2.45, 2.75) is 19.8 Å². The van der Waals surface area contributed by atoms with Gasteiger partial charge in [0.2, 0.25) is 0 Å². The van der Waals surface area contributed by atoms with Crippen LogP contribution in [0.25, 0.3) is 0 Å². The molecule has 0 aliphatic heterocycles. The van der Waals surface area contributed by atoms with Crippen LogP contribution in [0.3, 0.4) is 0 Å². The molecule has 1 heterocycles. The summed E-state index contributed by atoms with van der Waals surface area (Å²) in [6, 6.07) is 0. The number of nitrogens with one attached hydrogen (secondary N) is 1. The van der Waals surface area contributed by atoms with Crippen molar-refractivity contribution < 1.29 is 0 Å². The normalized spacial score (nSPS) is 10.3. The van der Waals surface area contributed by atoms with E-state index in [0.717, 1.165) is 11.5 Å². The molecule has 0 aliphatic carbocycles. The summed E-state index contributed by atoms with van der Waals surface area (Å²) in [7, 11) is 1.80. The monoisotopic (exact) mass is 166 g/mol. The van der Waals surface area contributed by atoms with E-state index < -0.39 is 0 Å². The molecule has 0 spiro atoms. The van der Waals surface area contributed by atoms with Crippen LogP contribution in [0.15, 0.2) is 6.20 Å². The fourth-order valence-electron chi connectivity index (χ4n) is 0.880. The Kier molecular flexibility index (Phi) is 2.47. The van der Waals surface area contributed by atoms with Gasteiger partial charge >= 0.3 is 0 Å². The van der Waals surface area contributed by atoms with E-state index in [4.69, 9.17) is 5.73 Å². The zero-order valence-corrected chi connectivity index (χ0v) is 7.63. The number of hydrogen-bond acceptors (Lipinski definition) is 4. The van der Waals surface area contributed by atoms with Gasteiger partial charge in [-0.1, -0.05) is 13.8 Å². The number of anilines is 2. The number of rotatable bonds is 2. The number of nitrogens with two attached hydrogens (primary N) is 1. The van der Waals surface area contributed by atoms with Gasteiger partial charge in [0.25, 0.3) is 0 Å². The van der Waals surface area contributed by atoms with Gasteiger partial charge < -0.3 is 11.1 Å². The van der Waals surface area contributed by atoms with Gasteiger partial charge in [0.15, 0.2) is 5.82 Å². The van der Waals surface area contributed by atoms with Gasteiger partial charge in [-0.2, -0.15) is 0 Å². The summed E-state index contributed by atoms with van der Waals surface area (Å²) in [5.74, 6) is 1.61. The molecule has 12 heavy (non-hydrogen) atoms. The molecule has 0 aromatic carbocycles. The third-order valence-electron chi connectivity index (χ3n) is 1.62. The molecule has 1 rings (SSSR count). The van der Waals surface area contributed by atoms with E-state index in [9.17, 15) is 0 Å². The molecule has 0 saturated carbocycles. The lowest BCUT2D eigenvalue weighted by Crippen LogP contribution is -2.04. The lowest BCUT2D eigenvalue weighted by molar-refractivity contribution is 0.777. The Morgan fingerprint density at radius 3 is 2.58 bits per heavy atom. The van der Waals surface area contributed by atoms with Gasteiger partial charge in [-0.25, -0.2) is 9.97 Å². The minimum absolute atomic E-state index is 0.318. The van der Waals surface area contributed by atoms with Crippen LogP contribution in [-0.2, 0) is 0 Å². The van der Waals surface area contributed by atoms with Crippen LogP contribution >= 0.6 is 0 Å². The second kappa shape index (κ2) is 3.38. The number of nitrogen functional groups attached to an aromatic ring is 1. The van der Waals surface area contributed by atoms with Crippen molar-refractivity contribution >= 4 is 11.5 Å². The molecule has 0 radical (unpaired) electrons. The van der Waals surface area contributed by atoms with E-state index in [-0.39, 0.29) is 0 Å². The zero-order chi connectivity index (χ0) is 9.14. The number of nitrogens with zero attached hydrogens (tertiary/aromatic N) is 2. The molecule has 3 N–H and O–H groups in total. The fourth-order valence-corrected chi connectivity index (χ4v) is 0.880. The van der Waals surface area contributed by atoms with Crippen molar-refractivity contribution in [3.63, 3.8) is 0 Å². The summed E-state index contributed by atoms with van der Waals surface area (Å²) in [5, 5.41) is 2.91. The summed E-state index contributed by atoms with van der Waals surface area (Å²) >= 11 is 0. The second-order valence-corrected chi connectivity index (χ2v) is 2.93. The van der Waals surface area contributed by atoms with Crippen LogP contribution in [0.2, 0.25) is 0 Å². The Hall–Kier alpha value is -1.32. The van der Waals surface area contributed by atoms with Gasteiger partial charge in [0.05, 0.1) is 11.9 Å². The van der Waals surface area contributed by atoms with Crippen molar-refractivity contribution in [1.29, 1.82) is 0 Å². The molecule has 0 saturated heterocycles. The van der Waals surface area contributed by atoms with E-state index in [2.05, 4.69) is 15.3 Å². The van der Waals surface area contributed by atoms with Crippen LogP contribution in [0.1, 0.15) is 25.6 Å². The highest BCUT2D eigenvalue weighted by molar-refractivity contribution is 5.59. The van der Waals surface area contributed by atoms with E-state index in [1.165, 1.54) is 0 Å². The first-order chi connectivity index (χ1) is 5.65. The highest BCUT2D eigenvalue weighted by atomic mass is 15.0. The van der Waals surface area contributed by atoms with Crippen molar-refractivity contribution in [1.82, 2.24) is 9.97 Å². The van der Waals surface area contributed by atoms with Gasteiger partial charge in [-0.3, -0.25) is 0 Å². The molecule has 4 nitrogen and oxygen atoms in total. The Bertz CT molecular complexity index is 270. The third-order valence-corrected chi connectivity index (χ3v) is 1.62. The first kappa shape index (κ1) is 8.77.